The molecule has 1 aromatic rings. The van der Waals surface area contributed by atoms with Crippen LogP contribution in [0.4, 0.5) is 8.78 Å². The first-order valence-electron chi connectivity index (χ1n) is 5.66. The predicted molar refractivity (Wildman–Crippen MR) is 69.7 cm³/mol. The summed E-state index contributed by atoms with van der Waals surface area (Å²) in [6, 6.07) is 9.41. The van der Waals surface area contributed by atoms with Crippen molar-refractivity contribution in [2.75, 3.05) is 6.16 Å². The number of rotatable bonds is 1. The van der Waals surface area contributed by atoms with Crippen molar-refractivity contribution in [1.29, 1.82) is 0 Å². The predicted octanol–water partition coefficient (Wildman–Crippen LogP) is 4.04. The molecule has 88 valence electrons. The van der Waals surface area contributed by atoms with Gasteiger partial charge in [0.25, 0.3) is 0 Å². The Hall–Kier alpha value is 0.0529. The molecule has 0 bridgehead atoms. The second-order valence-electron chi connectivity index (χ2n) is 5.02. The first-order chi connectivity index (χ1) is 7.45. The number of hydrogen-bond donors (Lipinski definition) is 0. The zero-order valence-corrected chi connectivity index (χ0v) is 12.7. The third-order valence-corrected chi connectivity index (χ3v) is 17.4. The SMILES string of the molecule is [CH3][Ge]1([CH3])[CH2]CCP(c2ccccc2)[C]1(F)F. The van der Waals surface area contributed by atoms with Gasteiger partial charge in [0.1, 0.15) is 0 Å². The molecular formula is C12H17F2GeP. The van der Waals surface area contributed by atoms with Gasteiger partial charge < -0.3 is 0 Å². The maximum absolute atomic E-state index is 14.4. The summed E-state index contributed by atoms with van der Waals surface area (Å²) in [6.07, 6.45) is 1.71. The minimum atomic E-state index is -2.90. The summed E-state index contributed by atoms with van der Waals surface area (Å²) in [6.45, 7) is 0. The van der Waals surface area contributed by atoms with Gasteiger partial charge in [0.2, 0.25) is 0 Å². The zero-order chi connectivity index (χ0) is 11.8. The van der Waals surface area contributed by atoms with Crippen molar-refractivity contribution >= 4 is 26.5 Å². The Morgan fingerprint density at radius 1 is 1.19 bits per heavy atom. The van der Waals surface area contributed by atoms with Crippen LogP contribution in [0.25, 0.3) is 0 Å². The standard InChI is InChI=1S/C12H17F2GeP/c1-15(2)9-6-10-16(12(15,13)14)11-7-4-3-5-8-11/h3-5,7-8H,6,9-10H2,1-2H3. The number of alkyl halides is 2. The molecule has 0 saturated carbocycles. The van der Waals surface area contributed by atoms with E-state index in [1.54, 1.807) is 0 Å². The van der Waals surface area contributed by atoms with Crippen molar-refractivity contribution in [3.05, 3.63) is 30.3 Å². The molecule has 16 heavy (non-hydrogen) atoms. The third-order valence-electron chi connectivity index (χ3n) is 3.40. The van der Waals surface area contributed by atoms with Crippen LogP contribution in [0.15, 0.2) is 30.3 Å². The van der Waals surface area contributed by atoms with E-state index in [0.717, 1.165) is 17.0 Å². The molecule has 1 fully saturated rings. The molecular weight excluding hydrogens is 286 g/mol. The van der Waals surface area contributed by atoms with E-state index >= 15 is 0 Å². The average Bonchev–Trinajstić information content (AvgIpc) is 2.23. The molecule has 1 aliphatic rings. The van der Waals surface area contributed by atoms with Crippen molar-refractivity contribution in [1.82, 2.24) is 0 Å². The molecule has 0 aromatic heterocycles. The minimum absolute atomic E-state index is 0.709. The molecule has 0 spiro atoms. The van der Waals surface area contributed by atoms with E-state index in [1.165, 1.54) is 0 Å². The van der Waals surface area contributed by atoms with Gasteiger partial charge in [-0.3, -0.25) is 0 Å². The Morgan fingerprint density at radius 2 is 1.81 bits per heavy atom. The van der Waals surface area contributed by atoms with E-state index in [1.807, 2.05) is 41.8 Å². The van der Waals surface area contributed by atoms with Crippen LogP contribution < -0.4 is 5.30 Å². The van der Waals surface area contributed by atoms with Gasteiger partial charge in [0, 0.05) is 0 Å². The van der Waals surface area contributed by atoms with E-state index in [4.69, 9.17) is 0 Å². The van der Waals surface area contributed by atoms with Gasteiger partial charge >= 0.3 is 99.4 Å². The van der Waals surface area contributed by atoms with Crippen LogP contribution >= 0.6 is 7.92 Å². The van der Waals surface area contributed by atoms with E-state index in [2.05, 4.69) is 0 Å². The molecule has 0 N–H and O–H groups in total. The second kappa shape index (κ2) is 4.38. The van der Waals surface area contributed by atoms with Crippen LogP contribution in [-0.4, -0.2) is 23.9 Å². The summed E-state index contributed by atoms with van der Waals surface area (Å²) < 4.78 is 26.5. The summed E-state index contributed by atoms with van der Waals surface area (Å²) in [5, 5.41) is 1.71. The Morgan fingerprint density at radius 3 is 2.44 bits per heavy atom. The Labute approximate surface area is 99.5 Å². The molecule has 1 atom stereocenters. The van der Waals surface area contributed by atoms with E-state index in [0.29, 0.717) is 6.16 Å². The van der Waals surface area contributed by atoms with Crippen molar-refractivity contribution in [3.8, 4) is 0 Å². The fraction of sp³-hybridized carbons (Fsp3) is 0.500. The summed E-state index contributed by atoms with van der Waals surface area (Å²) >= 11 is -2.90. The summed E-state index contributed by atoms with van der Waals surface area (Å²) in [5.74, 6) is 3.77. The van der Waals surface area contributed by atoms with Crippen molar-refractivity contribution < 1.29 is 8.78 Å². The molecule has 0 aliphatic carbocycles. The van der Waals surface area contributed by atoms with Crippen molar-refractivity contribution in [3.63, 3.8) is 0 Å². The Kier molecular flexibility index (Phi) is 3.42. The monoisotopic (exact) mass is 304 g/mol. The molecule has 1 aromatic carbocycles. The van der Waals surface area contributed by atoms with Gasteiger partial charge in [-0.2, -0.15) is 0 Å². The van der Waals surface area contributed by atoms with Crippen molar-refractivity contribution in [2.24, 2.45) is 0 Å². The van der Waals surface area contributed by atoms with Crippen LogP contribution in [-0.2, 0) is 0 Å². The van der Waals surface area contributed by atoms with Crippen LogP contribution in [0, 0.1) is 0 Å². The quantitative estimate of drug-likeness (QED) is 0.542. The van der Waals surface area contributed by atoms with E-state index in [9.17, 15) is 8.78 Å². The van der Waals surface area contributed by atoms with E-state index in [-0.39, 0.29) is 0 Å². The van der Waals surface area contributed by atoms with Crippen LogP contribution in [0.1, 0.15) is 6.42 Å². The van der Waals surface area contributed by atoms with Gasteiger partial charge in [-0.1, -0.05) is 0 Å². The number of hydrogen-bond acceptors (Lipinski definition) is 0. The van der Waals surface area contributed by atoms with Gasteiger partial charge in [-0.25, -0.2) is 0 Å². The fourth-order valence-electron chi connectivity index (χ4n) is 2.23. The topological polar surface area (TPSA) is 0 Å². The second-order valence-corrected chi connectivity index (χ2v) is 18.6. The summed E-state index contributed by atoms with van der Waals surface area (Å²) in [5.41, 5.74) is 0. The first kappa shape index (κ1) is 12.5. The molecule has 4 heteroatoms. The first-order valence-corrected chi connectivity index (χ1v) is 13.9. The molecule has 1 unspecified atom stereocenters. The normalized spacial score (nSPS) is 27.6. The molecule has 1 heterocycles. The molecule has 0 radical (unpaired) electrons. The van der Waals surface area contributed by atoms with Gasteiger partial charge in [-0.15, -0.1) is 0 Å². The average molecular weight is 303 g/mol. The molecule has 1 saturated heterocycles. The van der Waals surface area contributed by atoms with Crippen LogP contribution in [0.3, 0.4) is 0 Å². The number of benzene rings is 1. The fourth-order valence-corrected chi connectivity index (χ4v) is 15.0. The van der Waals surface area contributed by atoms with Gasteiger partial charge in [0.15, 0.2) is 0 Å². The summed E-state index contributed by atoms with van der Waals surface area (Å²) in [4.78, 5) is 0. The Balaban J connectivity index is 2.35. The summed E-state index contributed by atoms with van der Waals surface area (Å²) in [7, 11) is -1.25. The Bertz CT molecular complexity index is 365. The number of halogens is 2. The van der Waals surface area contributed by atoms with Crippen molar-refractivity contribution in [2.45, 2.75) is 27.7 Å². The molecule has 0 nitrogen and oxygen atoms in total. The zero-order valence-electron chi connectivity index (χ0n) is 9.71. The van der Waals surface area contributed by atoms with Gasteiger partial charge in [0.05, 0.1) is 0 Å². The van der Waals surface area contributed by atoms with E-state index < -0.39 is 25.7 Å². The third kappa shape index (κ3) is 2.06. The molecule has 0 amide bonds. The van der Waals surface area contributed by atoms with Crippen LogP contribution in [0.5, 0.6) is 0 Å². The molecule has 2 rings (SSSR count). The maximum atomic E-state index is 14.4. The van der Waals surface area contributed by atoms with Gasteiger partial charge in [-0.05, 0) is 0 Å². The van der Waals surface area contributed by atoms with Crippen LogP contribution in [0.2, 0.25) is 16.8 Å². The molecule has 1 aliphatic heterocycles.